The maximum atomic E-state index is 12.5. The highest BCUT2D eigenvalue weighted by molar-refractivity contribution is 6.03. The van der Waals surface area contributed by atoms with Crippen molar-refractivity contribution in [2.75, 3.05) is 27.4 Å². The molecule has 1 rings (SSSR count). The quantitative estimate of drug-likeness (QED) is 0.638. The van der Waals surface area contributed by atoms with E-state index in [1.165, 1.54) is 7.11 Å². The van der Waals surface area contributed by atoms with Gasteiger partial charge in [0.1, 0.15) is 0 Å². The predicted molar refractivity (Wildman–Crippen MR) is 87.0 cm³/mol. The highest BCUT2D eigenvalue weighted by atomic mass is 16.5. The molecule has 1 heterocycles. The number of methoxy groups -OCH3 is 2. The maximum absolute atomic E-state index is 12.5. The Morgan fingerprint density at radius 2 is 1.46 bits per heavy atom. The van der Waals surface area contributed by atoms with Crippen LogP contribution in [0.5, 0.6) is 0 Å². The van der Waals surface area contributed by atoms with Crippen LogP contribution in [0.1, 0.15) is 58.4 Å². The molecule has 0 saturated heterocycles. The molecule has 0 saturated carbocycles. The van der Waals surface area contributed by atoms with Gasteiger partial charge in [0.25, 0.3) is 0 Å². The molecule has 1 aromatic rings. The van der Waals surface area contributed by atoms with Gasteiger partial charge in [-0.15, -0.1) is 0 Å². The first-order chi connectivity index (χ1) is 11.5. The minimum atomic E-state index is -0.669. The van der Waals surface area contributed by atoms with Crippen molar-refractivity contribution in [3.05, 3.63) is 28.1 Å². The molecule has 7 nitrogen and oxygen atoms in total. The SMILES string of the molecule is CCOC(=O)c1nc(COC)c(CC)c(COC)c1C(=O)OCC. The van der Waals surface area contributed by atoms with Crippen LogP contribution >= 0.6 is 0 Å². The average Bonchev–Trinajstić information content (AvgIpc) is 2.55. The van der Waals surface area contributed by atoms with Crippen LogP contribution in [0.3, 0.4) is 0 Å². The van der Waals surface area contributed by atoms with Crippen LogP contribution in [0.2, 0.25) is 0 Å². The first-order valence-electron chi connectivity index (χ1n) is 7.92. The molecule has 0 fully saturated rings. The third-order valence-electron chi connectivity index (χ3n) is 3.37. The van der Waals surface area contributed by atoms with Crippen molar-refractivity contribution < 1.29 is 28.5 Å². The normalized spacial score (nSPS) is 10.5. The fraction of sp³-hybridized carbons (Fsp3) is 0.588. The third kappa shape index (κ3) is 4.52. The molecule has 0 aliphatic rings. The molecule has 0 atom stereocenters. The Hall–Kier alpha value is -1.99. The second-order valence-electron chi connectivity index (χ2n) is 4.90. The molecule has 7 heteroatoms. The fourth-order valence-electron chi connectivity index (χ4n) is 2.47. The van der Waals surface area contributed by atoms with E-state index in [1.54, 1.807) is 21.0 Å². The summed E-state index contributed by atoms with van der Waals surface area (Å²) in [4.78, 5) is 29.1. The summed E-state index contributed by atoms with van der Waals surface area (Å²) in [5.41, 5.74) is 2.03. The minimum absolute atomic E-state index is 0.0633. The number of hydrogen-bond donors (Lipinski definition) is 0. The van der Waals surface area contributed by atoms with Crippen molar-refractivity contribution in [3.8, 4) is 0 Å². The maximum Gasteiger partial charge on any atom is 0.357 e. The Labute approximate surface area is 142 Å². The molecule has 0 N–H and O–H groups in total. The van der Waals surface area contributed by atoms with Crippen LogP contribution in [0, 0.1) is 0 Å². The summed E-state index contributed by atoms with van der Waals surface area (Å²) in [6.07, 6.45) is 0.611. The molecule has 0 unspecified atom stereocenters. The van der Waals surface area contributed by atoms with E-state index in [4.69, 9.17) is 18.9 Å². The molecular weight excluding hydrogens is 314 g/mol. The lowest BCUT2D eigenvalue weighted by Gasteiger charge is -2.19. The van der Waals surface area contributed by atoms with E-state index in [0.29, 0.717) is 17.7 Å². The van der Waals surface area contributed by atoms with Gasteiger partial charge >= 0.3 is 11.9 Å². The molecule has 0 amide bonds. The summed E-state index contributed by atoms with van der Waals surface area (Å²) in [6.45, 7) is 6.07. The number of carbonyl (C=O) groups excluding carboxylic acids is 2. The molecule has 0 spiro atoms. The predicted octanol–water partition coefficient (Wildman–Crippen LogP) is 2.29. The molecule has 0 bridgehead atoms. The molecule has 0 aromatic carbocycles. The number of hydrogen-bond acceptors (Lipinski definition) is 7. The zero-order valence-corrected chi connectivity index (χ0v) is 14.9. The first-order valence-corrected chi connectivity index (χ1v) is 7.92. The third-order valence-corrected chi connectivity index (χ3v) is 3.37. The van der Waals surface area contributed by atoms with Crippen LogP contribution in [-0.2, 0) is 38.6 Å². The van der Waals surface area contributed by atoms with Crippen molar-refractivity contribution in [2.24, 2.45) is 0 Å². The summed E-state index contributed by atoms with van der Waals surface area (Å²) in [5.74, 6) is -1.28. The van der Waals surface area contributed by atoms with E-state index in [-0.39, 0.29) is 37.7 Å². The van der Waals surface area contributed by atoms with Crippen LogP contribution in [0.25, 0.3) is 0 Å². The standard InChI is InChI=1S/C17H25NO6/c1-6-11-12(9-21-4)14(16(19)23-7-2)15(17(20)24-8-3)18-13(11)10-22-5/h6-10H2,1-5H3. The fourth-order valence-corrected chi connectivity index (χ4v) is 2.47. The molecule has 1 aromatic heterocycles. The van der Waals surface area contributed by atoms with Crippen molar-refractivity contribution in [2.45, 2.75) is 40.4 Å². The Morgan fingerprint density at radius 1 is 0.875 bits per heavy atom. The van der Waals surface area contributed by atoms with Gasteiger partial charge in [-0.25, -0.2) is 14.6 Å². The zero-order chi connectivity index (χ0) is 18.1. The highest BCUT2D eigenvalue weighted by Gasteiger charge is 2.28. The highest BCUT2D eigenvalue weighted by Crippen LogP contribution is 2.25. The molecule has 0 radical (unpaired) electrons. The van der Waals surface area contributed by atoms with Crippen LogP contribution in [0.15, 0.2) is 0 Å². The number of esters is 2. The molecular formula is C17H25NO6. The number of rotatable bonds is 9. The van der Waals surface area contributed by atoms with E-state index in [2.05, 4.69) is 4.98 Å². The molecule has 134 valence electrons. The largest absolute Gasteiger partial charge is 0.462 e. The summed E-state index contributed by atoms with van der Waals surface area (Å²) in [5, 5.41) is 0. The van der Waals surface area contributed by atoms with Crippen molar-refractivity contribution >= 4 is 11.9 Å². The number of nitrogens with zero attached hydrogens (tertiary/aromatic N) is 1. The lowest BCUT2D eigenvalue weighted by atomic mass is 9.96. The Kier molecular flexibility index (Phi) is 8.35. The Bertz CT molecular complexity index is 585. The monoisotopic (exact) mass is 339 g/mol. The number of carbonyl (C=O) groups is 2. The van der Waals surface area contributed by atoms with Crippen LogP contribution < -0.4 is 0 Å². The van der Waals surface area contributed by atoms with Gasteiger partial charge in [-0.1, -0.05) is 6.92 Å². The van der Waals surface area contributed by atoms with Gasteiger partial charge in [0.2, 0.25) is 0 Å². The van der Waals surface area contributed by atoms with Gasteiger partial charge in [0.15, 0.2) is 5.69 Å². The molecule has 0 aliphatic carbocycles. The number of ether oxygens (including phenoxy) is 4. The van der Waals surface area contributed by atoms with E-state index in [1.807, 2.05) is 6.92 Å². The minimum Gasteiger partial charge on any atom is -0.462 e. The molecule has 0 aliphatic heterocycles. The van der Waals surface area contributed by atoms with Crippen molar-refractivity contribution in [1.82, 2.24) is 4.98 Å². The number of aromatic nitrogens is 1. The second-order valence-corrected chi connectivity index (χ2v) is 4.90. The average molecular weight is 339 g/mol. The van der Waals surface area contributed by atoms with Crippen molar-refractivity contribution in [3.63, 3.8) is 0 Å². The van der Waals surface area contributed by atoms with Gasteiger partial charge < -0.3 is 18.9 Å². The summed E-state index contributed by atoms with van der Waals surface area (Å²) in [7, 11) is 3.06. The van der Waals surface area contributed by atoms with Crippen LogP contribution in [0.4, 0.5) is 0 Å². The Balaban J connectivity index is 3.68. The van der Waals surface area contributed by atoms with Gasteiger partial charge in [-0.05, 0) is 31.4 Å². The topological polar surface area (TPSA) is 84.0 Å². The Morgan fingerprint density at radius 3 is 1.96 bits per heavy atom. The smallest absolute Gasteiger partial charge is 0.357 e. The van der Waals surface area contributed by atoms with E-state index >= 15 is 0 Å². The van der Waals surface area contributed by atoms with E-state index in [9.17, 15) is 9.59 Å². The van der Waals surface area contributed by atoms with Crippen molar-refractivity contribution in [1.29, 1.82) is 0 Å². The lowest BCUT2D eigenvalue weighted by molar-refractivity contribution is 0.0468. The van der Waals surface area contributed by atoms with Gasteiger partial charge in [-0.3, -0.25) is 0 Å². The summed E-state index contributed by atoms with van der Waals surface area (Å²) in [6, 6.07) is 0. The lowest BCUT2D eigenvalue weighted by Crippen LogP contribution is -2.22. The summed E-state index contributed by atoms with van der Waals surface area (Å²) < 4.78 is 20.6. The summed E-state index contributed by atoms with van der Waals surface area (Å²) >= 11 is 0. The second kappa shape index (κ2) is 10.00. The van der Waals surface area contributed by atoms with E-state index < -0.39 is 11.9 Å². The van der Waals surface area contributed by atoms with Gasteiger partial charge in [0, 0.05) is 14.2 Å². The molecule has 24 heavy (non-hydrogen) atoms. The van der Waals surface area contributed by atoms with Gasteiger partial charge in [0.05, 0.1) is 37.7 Å². The van der Waals surface area contributed by atoms with E-state index in [0.717, 1.165) is 5.56 Å². The zero-order valence-electron chi connectivity index (χ0n) is 14.9. The number of pyridine rings is 1. The van der Waals surface area contributed by atoms with Gasteiger partial charge in [-0.2, -0.15) is 0 Å². The van der Waals surface area contributed by atoms with Crippen LogP contribution in [-0.4, -0.2) is 44.4 Å². The first kappa shape index (κ1) is 20.1.